The third-order valence-electron chi connectivity index (χ3n) is 3.23. The predicted octanol–water partition coefficient (Wildman–Crippen LogP) is 3.49. The molecule has 0 unspecified atom stereocenters. The van der Waals surface area contributed by atoms with Crippen LogP contribution in [0.5, 0.6) is 0 Å². The molecule has 2 aromatic rings. The van der Waals surface area contributed by atoms with Crippen LogP contribution in [0.1, 0.15) is 26.3 Å². The van der Waals surface area contributed by atoms with Crippen LogP contribution in [0.2, 0.25) is 10.0 Å². The molecule has 0 radical (unpaired) electrons. The van der Waals surface area contributed by atoms with Crippen molar-refractivity contribution in [2.75, 3.05) is 5.32 Å². The summed E-state index contributed by atoms with van der Waals surface area (Å²) in [5.74, 6) is -0.737. The van der Waals surface area contributed by atoms with Crippen molar-refractivity contribution in [2.24, 2.45) is 0 Å². The van der Waals surface area contributed by atoms with Crippen molar-refractivity contribution in [1.82, 2.24) is 5.32 Å². The molecule has 106 valence electrons. The van der Waals surface area contributed by atoms with E-state index in [2.05, 4.69) is 10.6 Å². The van der Waals surface area contributed by atoms with E-state index < -0.39 is 0 Å². The molecule has 1 aliphatic rings. The van der Waals surface area contributed by atoms with Gasteiger partial charge in [-0.1, -0.05) is 23.2 Å². The Morgan fingerprint density at radius 3 is 2.52 bits per heavy atom. The van der Waals surface area contributed by atoms with E-state index in [0.29, 0.717) is 27.7 Å². The number of anilines is 1. The highest BCUT2D eigenvalue weighted by atomic mass is 35.5. The molecule has 2 aromatic carbocycles. The Balaban J connectivity index is 1.80. The van der Waals surface area contributed by atoms with E-state index in [-0.39, 0.29) is 11.8 Å². The first kappa shape index (κ1) is 13.9. The van der Waals surface area contributed by atoms with Crippen LogP contribution in [0.15, 0.2) is 36.4 Å². The molecule has 4 nitrogen and oxygen atoms in total. The monoisotopic (exact) mass is 320 g/mol. The fourth-order valence-corrected chi connectivity index (χ4v) is 2.53. The SMILES string of the molecule is O=C1NC(=O)c2cc(NCc3cc(Cl)ccc3Cl)ccc21. The summed E-state index contributed by atoms with van der Waals surface area (Å²) in [5, 5.41) is 6.63. The van der Waals surface area contributed by atoms with E-state index in [4.69, 9.17) is 23.2 Å². The first-order chi connectivity index (χ1) is 10.0. The number of fused-ring (bicyclic) bond motifs is 1. The molecule has 2 N–H and O–H groups in total. The first-order valence-corrected chi connectivity index (χ1v) is 6.98. The van der Waals surface area contributed by atoms with Gasteiger partial charge in [-0.2, -0.15) is 0 Å². The van der Waals surface area contributed by atoms with Crippen LogP contribution in [-0.4, -0.2) is 11.8 Å². The van der Waals surface area contributed by atoms with E-state index in [1.807, 2.05) is 0 Å². The molecule has 3 rings (SSSR count). The zero-order valence-corrected chi connectivity index (χ0v) is 12.3. The van der Waals surface area contributed by atoms with Crippen LogP contribution in [0.25, 0.3) is 0 Å². The number of benzene rings is 2. The second kappa shape index (κ2) is 5.39. The van der Waals surface area contributed by atoms with Crippen LogP contribution in [0, 0.1) is 0 Å². The minimum absolute atomic E-state index is 0.362. The predicted molar refractivity (Wildman–Crippen MR) is 82.0 cm³/mol. The van der Waals surface area contributed by atoms with Crippen LogP contribution in [0.4, 0.5) is 5.69 Å². The normalized spacial score (nSPS) is 13.0. The molecule has 1 heterocycles. The quantitative estimate of drug-likeness (QED) is 0.851. The number of carbonyl (C=O) groups is 2. The van der Waals surface area contributed by atoms with Gasteiger partial charge in [0.1, 0.15) is 0 Å². The maximum absolute atomic E-state index is 11.6. The summed E-state index contributed by atoms with van der Waals surface area (Å²) in [6, 6.07) is 10.2. The lowest BCUT2D eigenvalue weighted by Gasteiger charge is -2.09. The van der Waals surface area contributed by atoms with Gasteiger partial charge in [0.25, 0.3) is 11.8 Å². The molecule has 0 spiro atoms. The van der Waals surface area contributed by atoms with Gasteiger partial charge >= 0.3 is 0 Å². The number of hydrogen-bond acceptors (Lipinski definition) is 3. The summed E-state index contributed by atoms with van der Waals surface area (Å²) in [6.45, 7) is 0.466. The van der Waals surface area contributed by atoms with Crippen LogP contribution in [-0.2, 0) is 6.54 Å². The smallest absolute Gasteiger partial charge is 0.259 e. The van der Waals surface area contributed by atoms with E-state index in [1.165, 1.54) is 0 Å². The van der Waals surface area contributed by atoms with Crippen molar-refractivity contribution in [3.05, 3.63) is 63.1 Å². The number of carbonyl (C=O) groups excluding carboxylic acids is 2. The highest BCUT2D eigenvalue weighted by molar-refractivity contribution is 6.33. The fraction of sp³-hybridized carbons (Fsp3) is 0.0667. The Morgan fingerprint density at radius 1 is 0.952 bits per heavy atom. The number of hydrogen-bond donors (Lipinski definition) is 2. The minimum atomic E-state index is -0.376. The van der Waals surface area contributed by atoms with E-state index in [9.17, 15) is 9.59 Å². The zero-order chi connectivity index (χ0) is 15.0. The largest absolute Gasteiger partial charge is 0.381 e. The van der Waals surface area contributed by atoms with Crippen LogP contribution in [0.3, 0.4) is 0 Å². The van der Waals surface area contributed by atoms with Crippen molar-refractivity contribution in [3.63, 3.8) is 0 Å². The topological polar surface area (TPSA) is 58.2 Å². The molecule has 0 saturated heterocycles. The molecule has 0 fully saturated rings. The number of rotatable bonds is 3. The van der Waals surface area contributed by atoms with Gasteiger partial charge in [-0.3, -0.25) is 14.9 Å². The molecule has 6 heteroatoms. The maximum atomic E-state index is 11.6. The average molecular weight is 321 g/mol. The Labute approximate surface area is 131 Å². The summed E-state index contributed by atoms with van der Waals surface area (Å²) in [7, 11) is 0. The summed E-state index contributed by atoms with van der Waals surface area (Å²) in [6.07, 6.45) is 0. The lowest BCUT2D eigenvalue weighted by molar-refractivity contribution is 0.0879. The molecule has 0 saturated carbocycles. The van der Waals surface area contributed by atoms with Gasteiger partial charge in [-0.25, -0.2) is 0 Å². The third kappa shape index (κ3) is 2.73. The van der Waals surface area contributed by atoms with Gasteiger partial charge in [0.2, 0.25) is 0 Å². The third-order valence-corrected chi connectivity index (χ3v) is 3.83. The molecule has 0 aromatic heterocycles. The van der Waals surface area contributed by atoms with Gasteiger partial charge in [0.15, 0.2) is 0 Å². The van der Waals surface area contributed by atoms with Crippen molar-refractivity contribution in [2.45, 2.75) is 6.54 Å². The van der Waals surface area contributed by atoms with Crippen molar-refractivity contribution in [1.29, 1.82) is 0 Å². The van der Waals surface area contributed by atoms with Gasteiger partial charge < -0.3 is 5.32 Å². The highest BCUT2D eigenvalue weighted by Gasteiger charge is 2.26. The second-order valence-corrected chi connectivity index (χ2v) is 5.48. The fourth-order valence-electron chi connectivity index (χ4n) is 2.15. The van der Waals surface area contributed by atoms with Gasteiger partial charge in [-0.15, -0.1) is 0 Å². The lowest BCUT2D eigenvalue weighted by Crippen LogP contribution is -2.19. The molecule has 21 heavy (non-hydrogen) atoms. The summed E-state index contributed by atoms with van der Waals surface area (Å²) >= 11 is 12.0. The molecular formula is C15H10Cl2N2O2. The van der Waals surface area contributed by atoms with Gasteiger partial charge in [-0.05, 0) is 42.0 Å². The van der Waals surface area contributed by atoms with Gasteiger partial charge in [0.05, 0.1) is 11.1 Å². The summed E-state index contributed by atoms with van der Waals surface area (Å²) < 4.78 is 0. The number of imide groups is 1. The second-order valence-electron chi connectivity index (χ2n) is 4.63. The minimum Gasteiger partial charge on any atom is -0.381 e. The lowest BCUT2D eigenvalue weighted by atomic mass is 10.1. The van der Waals surface area contributed by atoms with Crippen molar-refractivity contribution in [3.8, 4) is 0 Å². The highest BCUT2D eigenvalue weighted by Crippen LogP contribution is 2.24. The maximum Gasteiger partial charge on any atom is 0.259 e. The van der Waals surface area contributed by atoms with Crippen LogP contribution >= 0.6 is 23.2 Å². The van der Waals surface area contributed by atoms with E-state index in [1.54, 1.807) is 36.4 Å². The standard InChI is InChI=1S/C15H10Cl2N2O2/c16-9-1-4-13(17)8(5-9)7-18-10-2-3-11-12(6-10)15(21)19-14(11)20/h1-6,18H,7H2,(H,19,20,21). The Morgan fingerprint density at radius 2 is 1.71 bits per heavy atom. The van der Waals surface area contributed by atoms with E-state index >= 15 is 0 Å². The molecule has 2 amide bonds. The molecule has 0 bridgehead atoms. The summed E-state index contributed by atoms with van der Waals surface area (Å²) in [4.78, 5) is 23.1. The average Bonchev–Trinajstić information content (AvgIpc) is 2.75. The number of halogens is 2. The molecule has 0 atom stereocenters. The van der Waals surface area contributed by atoms with Crippen molar-refractivity contribution >= 4 is 40.7 Å². The first-order valence-electron chi connectivity index (χ1n) is 6.22. The molecular weight excluding hydrogens is 311 g/mol. The van der Waals surface area contributed by atoms with E-state index in [0.717, 1.165) is 11.3 Å². The summed E-state index contributed by atoms with van der Waals surface area (Å²) in [5.41, 5.74) is 2.35. The number of amides is 2. The zero-order valence-electron chi connectivity index (χ0n) is 10.7. The Bertz CT molecular complexity index is 759. The Hall–Kier alpha value is -2.04. The van der Waals surface area contributed by atoms with Crippen LogP contribution < -0.4 is 10.6 Å². The van der Waals surface area contributed by atoms with Gasteiger partial charge in [0, 0.05) is 22.3 Å². The molecule has 1 aliphatic heterocycles. The molecule has 0 aliphatic carbocycles. The van der Waals surface area contributed by atoms with Crippen molar-refractivity contribution < 1.29 is 9.59 Å². The number of nitrogens with one attached hydrogen (secondary N) is 2. The Kier molecular flexibility index (Phi) is 3.57.